The SMILES string of the molecule is O=c1c(-n2ccnc2)c[nH]n1-c1ccccn1. The zero-order chi connectivity index (χ0) is 11.7. The minimum absolute atomic E-state index is 0.165. The summed E-state index contributed by atoms with van der Waals surface area (Å²) in [5.41, 5.74) is 0.342. The zero-order valence-electron chi connectivity index (χ0n) is 8.82. The molecule has 0 saturated heterocycles. The monoisotopic (exact) mass is 227 g/mol. The Morgan fingerprint density at radius 3 is 2.88 bits per heavy atom. The summed E-state index contributed by atoms with van der Waals surface area (Å²) in [5.74, 6) is 0.559. The third-order valence-corrected chi connectivity index (χ3v) is 2.41. The van der Waals surface area contributed by atoms with Crippen LogP contribution in [0.2, 0.25) is 0 Å². The second-order valence-corrected chi connectivity index (χ2v) is 3.46. The number of aromatic nitrogens is 5. The van der Waals surface area contributed by atoms with E-state index in [0.717, 1.165) is 0 Å². The Morgan fingerprint density at radius 2 is 2.18 bits per heavy atom. The van der Waals surface area contributed by atoms with Crippen molar-refractivity contribution in [1.82, 2.24) is 24.3 Å². The van der Waals surface area contributed by atoms with E-state index in [4.69, 9.17) is 0 Å². The van der Waals surface area contributed by atoms with Gasteiger partial charge in [-0.2, -0.15) is 4.68 Å². The van der Waals surface area contributed by atoms with Crippen molar-refractivity contribution in [3.05, 3.63) is 59.7 Å². The molecule has 0 atom stereocenters. The summed E-state index contributed by atoms with van der Waals surface area (Å²) in [4.78, 5) is 20.1. The highest BCUT2D eigenvalue weighted by molar-refractivity contribution is 5.30. The minimum Gasteiger partial charge on any atom is -0.300 e. The first-order chi connectivity index (χ1) is 8.36. The molecule has 0 unspecified atom stereocenters. The van der Waals surface area contributed by atoms with E-state index >= 15 is 0 Å². The van der Waals surface area contributed by atoms with Gasteiger partial charge in [-0.1, -0.05) is 6.07 Å². The van der Waals surface area contributed by atoms with Crippen LogP contribution in [0.3, 0.4) is 0 Å². The van der Waals surface area contributed by atoms with Crippen molar-refractivity contribution < 1.29 is 0 Å². The predicted octanol–water partition coefficient (Wildman–Crippen LogP) is 0.746. The Bertz CT molecular complexity index is 665. The second kappa shape index (κ2) is 3.75. The molecule has 0 aromatic carbocycles. The van der Waals surface area contributed by atoms with Crippen molar-refractivity contribution in [2.45, 2.75) is 0 Å². The van der Waals surface area contributed by atoms with Gasteiger partial charge in [-0.25, -0.2) is 9.97 Å². The van der Waals surface area contributed by atoms with E-state index in [9.17, 15) is 4.79 Å². The van der Waals surface area contributed by atoms with E-state index in [1.807, 2.05) is 6.07 Å². The first-order valence-electron chi connectivity index (χ1n) is 5.06. The van der Waals surface area contributed by atoms with Crippen LogP contribution in [0.4, 0.5) is 0 Å². The summed E-state index contributed by atoms with van der Waals surface area (Å²) in [6.07, 6.45) is 8.18. The van der Waals surface area contributed by atoms with E-state index in [0.29, 0.717) is 11.5 Å². The van der Waals surface area contributed by atoms with Gasteiger partial charge in [-0.15, -0.1) is 0 Å². The van der Waals surface area contributed by atoms with Crippen LogP contribution in [0, 0.1) is 0 Å². The van der Waals surface area contributed by atoms with Crippen LogP contribution in [0.1, 0.15) is 0 Å². The molecule has 0 aliphatic carbocycles. The molecule has 0 aliphatic heterocycles. The average Bonchev–Trinajstić information content (AvgIpc) is 2.99. The fourth-order valence-electron chi connectivity index (χ4n) is 1.60. The lowest BCUT2D eigenvalue weighted by Gasteiger charge is -1.98. The summed E-state index contributed by atoms with van der Waals surface area (Å²) in [7, 11) is 0. The molecule has 1 N–H and O–H groups in total. The van der Waals surface area contributed by atoms with Gasteiger partial charge in [0.15, 0.2) is 5.82 Å². The van der Waals surface area contributed by atoms with Crippen molar-refractivity contribution >= 4 is 0 Å². The van der Waals surface area contributed by atoms with E-state index in [1.54, 1.807) is 47.8 Å². The summed E-state index contributed by atoms with van der Waals surface area (Å²) in [6, 6.07) is 5.39. The Kier molecular flexibility index (Phi) is 2.11. The molecule has 3 heterocycles. The lowest BCUT2D eigenvalue weighted by atomic mass is 10.4. The van der Waals surface area contributed by atoms with Crippen LogP contribution in [-0.4, -0.2) is 24.3 Å². The smallest absolute Gasteiger partial charge is 0.296 e. The normalized spacial score (nSPS) is 10.6. The first-order valence-corrected chi connectivity index (χ1v) is 5.06. The molecule has 84 valence electrons. The van der Waals surface area contributed by atoms with Gasteiger partial charge >= 0.3 is 0 Å². The van der Waals surface area contributed by atoms with Gasteiger partial charge in [0, 0.05) is 24.8 Å². The van der Waals surface area contributed by atoms with Crippen LogP contribution in [0.25, 0.3) is 11.5 Å². The molecule has 0 saturated carbocycles. The van der Waals surface area contributed by atoms with Crippen LogP contribution in [0.5, 0.6) is 0 Å². The number of pyridine rings is 1. The highest BCUT2D eigenvalue weighted by Crippen LogP contribution is 2.02. The number of H-pyrrole nitrogens is 1. The number of aromatic amines is 1. The van der Waals surface area contributed by atoms with Gasteiger partial charge in [-0.05, 0) is 12.1 Å². The number of rotatable bonds is 2. The first kappa shape index (κ1) is 9.59. The van der Waals surface area contributed by atoms with Crippen molar-refractivity contribution in [3.63, 3.8) is 0 Å². The van der Waals surface area contributed by atoms with Crippen molar-refractivity contribution in [2.24, 2.45) is 0 Å². The lowest BCUT2D eigenvalue weighted by molar-refractivity contribution is 0.816. The fraction of sp³-hybridized carbons (Fsp3) is 0. The van der Waals surface area contributed by atoms with Crippen molar-refractivity contribution in [1.29, 1.82) is 0 Å². The van der Waals surface area contributed by atoms with Gasteiger partial charge in [-0.3, -0.25) is 14.5 Å². The van der Waals surface area contributed by atoms with E-state index in [1.165, 1.54) is 4.68 Å². The molecular formula is C11H9N5O. The fourth-order valence-corrected chi connectivity index (χ4v) is 1.60. The van der Waals surface area contributed by atoms with Crippen molar-refractivity contribution in [2.75, 3.05) is 0 Å². The molecule has 3 aromatic rings. The van der Waals surface area contributed by atoms with E-state index < -0.39 is 0 Å². The number of nitrogens with one attached hydrogen (secondary N) is 1. The van der Waals surface area contributed by atoms with Gasteiger partial charge in [0.2, 0.25) is 0 Å². The van der Waals surface area contributed by atoms with Crippen LogP contribution in [-0.2, 0) is 0 Å². The van der Waals surface area contributed by atoms with Crippen LogP contribution >= 0.6 is 0 Å². The maximum absolute atomic E-state index is 12.1. The highest BCUT2D eigenvalue weighted by Gasteiger charge is 2.09. The van der Waals surface area contributed by atoms with Gasteiger partial charge in [0.05, 0.1) is 6.33 Å². The second-order valence-electron chi connectivity index (χ2n) is 3.46. The maximum atomic E-state index is 12.1. The molecule has 6 nitrogen and oxygen atoms in total. The standard InChI is InChI=1S/C11H9N5O/c17-11-9(15-6-5-12-8-15)7-14-16(11)10-3-1-2-4-13-10/h1-8,14H. The molecule has 0 fully saturated rings. The summed E-state index contributed by atoms with van der Waals surface area (Å²) >= 11 is 0. The third-order valence-electron chi connectivity index (χ3n) is 2.41. The Morgan fingerprint density at radius 1 is 1.24 bits per heavy atom. The molecule has 6 heteroatoms. The zero-order valence-corrected chi connectivity index (χ0v) is 8.82. The predicted molar refractivity (Wildman–Crippen MR) is 61.3 cm³/mol. The molecular weight excluding hydrogens is 218 g/mol. The third kappa shape index (κ3) is 1.55. The molecule has 0 amide bonds. The molecule has 0 aliphatic rings. The number of hydrogen-bond acceptors (Lipinski definition) is 3. The quantitative estimate of drug-likeness (QED) is 0.702. The van der Waals surface area contributed by atoms with Crippen molar-refractivity contribution in [3.8, 4) is 11.5 Å². The van der Waals surface area contributed by atoms with Crippen LogP contribution < -0.4 is 5.56 Å². The van der Waals surface area contributed by atoms with Gasteiger partial charge < -0.3 is 0 Å². The van der Waals surface area contributed by atoms with Crippen LogP contribution in [0.15, 0.2) is 54.1 Å². The minimum atomic E-state index is -0.165. The Balaban J connectivity index is 2.14. The Labute approximate surface area is 96.2 Å². The van der Waals surface area contributed by atoms with Gasteiger partial charge in [0.25, 0.3) is 5.56 Å². The highest BCUT2D eigenvalue weighted by atomic mass is 16.1. The molecule has 0 spiro atoms. The number of hydrogen-bond donors (Lipinski definition) is 1. The van der Waals surface area contributed by atoms with Gasteiger partial charge in [0.1, 0.15) is 5.69 Å². The molecule has 17 heavy (non-hydrogen) atoms. The Hall–Kier alpha value is -2.63. The molecule has 0 radical (unpaired) electrons. The molecule has 0 bridgehead atoms. The number of nitrogens with zero attached hydrogens (tertiary/aromatic N) is 4. The largest absolute Gasteiger partial charge is 0.300 e. The summed E-state index contributed by atoms with van der Waals surface area (Å²) in [5, 5.41) is 2.87. The van der Waals surface area contributed by atoms with E-state index in [2.05, 4.69) is 15.1 Å². The topological polar surface area (TPSA) is 68.5 Å². The summed E-state index contributed by atoms with van der Waals surface area (Å²) in [6.45, 7) is 0. The maximum Gasteiger partial charge on any atom is 0.296 e. The summed E-state index contributed by atoms with van der Waals surface area (Å²) < 4.78 is 3.04. The molecule has 3 rings (SSSR count). The molecule has 3 aromatic heterocycles. The number of imidazole rings is 1. The average molecular weight is 227 g/mol. The van der Waals surface area contributed by atoms with E-state index in [-0.39, 0.29) is 5.56 Å². The lowest BCUT2D eigenvalue weighted by Crippen LogP contribution is -2.18.